The van der Waals surface area contributed by atoms with Gasteiger partial charge in [0.15, 0.2) is 0 Å². The van der Waals surface area contributed by atoms with Crippen LogP contribution in [0.4, 0.5) is 10.5 Å². The minimum absolute atomic E-state index is 0.0870. The molecular weight excluding hydrogens is 238 g/mol. The molecule has 2 amide bonds. The summed E-state index contributed by atoms with van der Waals surface area (Å²) in [5, 5.41) is 5.94. The molecule has 1 aromatic rings. The summed E-state index contributed by atoms with van der Waals surface area (Å²) in [6.07, 6.45) is 4.87. The number of rotatable bonds is 3. The summed E-state index contributed by atoms with van der Waals surface area (Å²) >= 11 is 0. The van der Waals surface area contributed by atoms with Crippen molar-refractivity contribution in [1.82, 2.24) is 10.2 Å². The van der Waals surface area contributed by atoms with Crippen LogP contribution in [0, 0.1) is 0 Å². The molecule has 0 radical (unpaired) electrons. The lowest BCUT2D eigenvalue weighted by atomic mass is 10.1. The Morgan fingerprint density at radius 2 is 1.74 bits per heavy atom. The van der Waals surface area contributed by atoms with Crippen LogP contribution in [0.3, 0.4) is 0 Å². The van der Waals surface area contributed by atoms with Gasteiger partial charge in [0.1, 0.15) is 0 Å². The van der Waals surface area contributed by atoms with E-state index in [1.54, 1.807) is 0 Å². The van der Waals surface area contributed by atoms with Gasteiger partial charge in [0.05, 0.1) is 0 Å². The minimum Gasteiger partial charge on any atom is -0.335 e. The van der Waals surface area contributed by atoms with E-state index in [4.69, 9.17) is 0 Å². The van der Waals surface area contributed by atoms with Crippen LogP contribution in [-0.4, -0.2) is 36.1 Å². The molecule has 1 saturated carbocycles. The number of nitrogens with one attached hydrogen (secondary N) is 2. The Kier molecular flexibility index (Phi) is 3.69. The van der Waals surface area contributed by atoms with Crippen molar-refractivity contribution in [1.29, 1.82) is 0 Å². The maximum Gasteiger partial charge on any atom is 0.319 e. The Hall–Kier alpha value is -1.55. The number of piperidine rings is 1. The van der Waals surface area contributed by atoms with E-state index in [0.717, 1.165) is 37.7 Å². The SMILES string of the molecule is O=C(Nc1ccccc1)NC1CCN(C2CC2)CC1. The summed E-state index contributed by atoms with van der Waals surface area (Å²) in [5.74, 6) is 0. The summed E-state index contributed by atoms with van der Waals surface area (Å²) in [4.78, 5) is 14.4. The van der Waals surface area contributed by atoms with Gasteiger partial charge in [0, 0.05) is 30.9 Å². The molecule has 102 valence electrons. The lowest BCUT2D eigenvalue weighted by Crippen LogP contribution is -2.46. The standard InChI is InChI=1S/C15H21N3O/c19-15(16-12-4-2-1-3-5-12)17-13-8-10-18(11-9-13)14-6-7-14/h1-5,13-14H,6-11H2,(H2,16,17,19). The Balaban J connectivity index is 1.43. The van der Waals surface area contributed by atoms with Crippen molar-refractivity contribution < 1.29 is 4.79 Å². The van der Waals surface area contributed by atoms with Gasteiger partial charge in [-0.3, -0.25) is 0 Å². The maximum atomic E-state index is 11.9. The molecule has 19 heavy (non-hydrogen) atoms. The van der Waals surface area contributed by atoms with Crippen molar-refractivity contribution in [2.45, 2.75) is 37.8 Å². The first-order valence-corrected chi connectivity index (χ1v) is 7.18. The van der Waals surface area contributed by atoms with Crippen molar-refractivity contribution in [2.24, 2.45) is 0 Å². The summed E-state index contributed by atoms with van der Waals surface area (Å²) in [7, 11) is 0. The van der Waals surface area contributed by atoms with Crippen LogP contribution >= 0.6 is 0 Å². The van der Waals surface area contributed by atoms with Gasteiger partial charge < -0.3 is 15.5 Å². The first-order valence-electron chi connectivity index (χ1n) is 7.18. The van der Waals surface area contributed by atoms with E-state index >= 15 is 0 Å². The smallest absolute Gasteiger partial charge is 0.319 e. The third kappa shape index (κ3) is 3.47. The lowest BCUT2D eigenvalue weighted by molar-refractivity contribution is 0.189. The number of nitrogens with zero attached hydrogens (tertiary/aromatic N) is 1. The number of anilines is 1. The summed E-state index contributed by atoms with van der Waals surface area (Å²) in [5.41, 5.74) is 0.843. The van der Waals surface area contributed by atoms with Gasteiger partial charge in [-0.15, -0.1) is 0 Å². The van der Waals surface area contributed by atoms with Crippen LogP contribution in [0.15, 0.2) is 30.3 Å². The molecule has 1 aromatic carbocycles. The number of urea groups is 1. The third-order valence-electron chi connectivity index (χ3n) is 3.96. The zero-order valence-corrected chi connectivity index (χ0v) is 11.1. The third-order valence-corrected chi connectivity index (χ3v) is 3.96. The first-order chi connectivity index (χ1) is 9.31. The van der Waals surface area contributed by atoms with Crippen molar-refractivity contribution in [3.63, 3.8) is 0 Å². The van der Waals surface area contributed by atoms with Crippen LogP contribution in [0.25, 0.3) is 0 Å². The second-order valence-electron chi connectivity index (χ2n) is 5.51. The quantitative estimate of drug-likeness (QED) is 0.875. The fourth-order valence-corrected chi connectivity index (χ4v) is 2.72. The van der Waals surface area contributed by atoms with Crippen LogP contribution in [-0.2, 0) is 0 Å². The van der Waals surface area contributed by atoms with Crippen LogP contribution in [0.1, 0.15) is 25.7 Å². The highest BCUT2D eigenvalue weighted by atomic mass is 16.2. The molecule has 0 bridgehead atoms. The Morgan fingerprint density at radius 1 is 1.05 bits per heavy atom. The van der Waals surface area contributed by atoms with Gasteiger partial charge in [-0.1, -0.05) is 18.2 Å². The molecule has 1 aliphatic carbocycles. The normalized spacial score (nSPS) is 21.1. The Morgan fingerprint density at radius 3 is 2.37 bits per heavy atom. The zero-order valence-electron chi connectivity index (χ0n) is 11.1. The topological polar surface area (TPSA) is 44.4 Å². The van der Waals surface area contributed by atoms with Gasteiger partial charge >= 0.3 is 6.03 Å². The van der Waals surface area contributed by atoms with Crippen molar-refractivity contribution in [3.05, 3.63) is 30.3 Å². The van der Waals surface area contributed by atoms with Crippen LogP contribution in [0.2, 0.25) is 0 Å². The van der Waals surface area contributed by atoms with E-state index in [2.05, 4.69) is 15.5 Å². The maximum absolute atomic E-state index is 11.9. The molecule has 0 atom stereocenters. The monoisotopic (exact) mass is 259 g/mol. The molecule has 2 fully saturated rings. The number of carbonyl (C=O) groups excluding carboxylic acids is 1. The van der Waals surface area contributed by atoms with E-state index in [1.807, 2.05) is 30.3 Å². The first kappa shape index (κ1) is 12.5. The zero-order chi connectivity index (χ0) is 13.1. The number of amides is 2. The fraction of sp³-hybridized carbons (Fsp3) is 0.533. The highest BCUT2D eigenvalue weighted by molar-refractivity contribution is 5.89. The van der Waals surface area contributed by atoms with E-state index in [9.17, 15) is 4.79 Å². The average molecular weight is 259 g/mol. The van der Waals surface area contributed by atoms with E-state index in [0.29, 0.717) is 6.04 Å². The lowest BCUT2D eigenvalue weighted by Gasteiger charge is -2.32. The number of hydrogen-bond acceptors (Lipinski definition) is 2. The van der Waals surface area contributed by atoms with Gasteiger partial charge in [-0.25, -0.2) is 4.79 Å². The molecule has 1 saturated heterocycles. The Labute approximate surface area is 114 Å². The Bertz CT molecular complexity index is 422. The molecule has 0 spiro atoms. The average Bonchev–Trinajstić information content (AvgIpc) is 3.25. The predicted octanol–water partition coefficient (Wildman–Crippen LogP) is 2.43. The van der Waals surface area contributed by atoms with E-state index in [-0.39, 0.29) is 6.03 Å². The second kappa shape index (κ2) is 5.61. The molecule has 1 heterocycles. The molecule has 2 N–H and O–H groups in total. The molecule has 3 rings (SSSR count). The molecule has 0 unspecified atom stereocenters. The van der Waals surface area contributed by atoms with Gasteiger partial charge in [-0.05, 0) is 37.8 Å². The number of para-hydroxylation sites is 1. The highest BCUT2D eigenvalue weighted by Crippen LogP contribution is 2.29. The summed E-state index contributed by atoms with van der Waals surface area (Å²) in [6.45, 7) is 2.25. The summed E-state index contributed by atoms with van der Waals surface area (Å²) in [6, 6.07) is 10.7. The molecule has 2 aliphatic rings. The predicted molar refractivity (Wildman–Crippen MR) is 76.2 cm³/mol. The number of benzene rings is 1. The van der Waals surface area contributed by atoms with Crippen LogP contribution in [0.5, 0.6) is 0 Å². The largest absolute Gasteiger partial charge is 0.335 e. The van der Waals surface area contributed by atoms with E-state index in [1.165, 1.54) is 12.8 Å². The van der Waals surface area contributed by atoms with Gasteiger partial charge in [0.25, 0.3) is 0 Å². The number of hydrogen-bond donors (Lipinski definition) is 2. The number of carbonyl (C=O) groups is 1. The van der Waals surface area contributed by atoms with E-state index < -0.39 is 0 Å². The molecule has 1 aliphatic heterocycles. The van der Waals surface area contributed by atoms with Crippen LogP contribution < -0.4 is 10.6 Å². The van der Waals surface area contributed by atoms with Gasteiger partial charge in [-0.2, -0.15) is 0 Å². The van der Waals surface area contributed by atoms with Crippen molar-refractivity contribution in [3.8, 4) is 0 Å². The summed E-state index contributed by atoms with van der Waals surface area (Å²) < 4.78 is 0. The minimum atomic E-state index is -0.0870. The fourth-order valence-electron chi connectivity index (χ4n) is 2.72. The molecule has 4 heteroatoms. The number of likely N-dealkylation sites (tertiary alicyclic amines) is 1. The highest BCUT2D eigenvalue weighted by Gasteiger charge is 2.32. The molecule has 4 nitrogen and oxygen atoms in total. The second-order valence-corrected chi connectivity index (χ2v) is 5.51. The molecule has 0 aromatic heterocycles. The van der Waals surface area contributed by atoms with Gasteiger partial charge in [0.2, 0.25) is 0 Å². The molecular formula is C15H21N3O. The van der Waals surface area contributed by atoms with Crippen molar-refractivity contribution in [2.75, 3.05) is 18.4 Å². The van der Waals surface area contributed by atoms with Crippen molar-refractivity contribution >= 4 is 11.7 Å².